The van der Waals surface area contributed by atoms with Crippen molar-refractivity contribution in [2.45, 2.75) is 18.2 Å². The lowest BCUT2D eigenvalue weighted by atomic mass is 10.2. The third kappa shape index (κ3) is 4.84. The molecular weight excluding hydrogens is 264 g/mol. The van der Waals surface area contributed by atoms with Crippen molar-refractivity contribution in [2.24, 2.45) is 0 Å². The maximum atomic E-state index is 11.9. The van der Waals surface area contributed by atoms with E-state index in [9.17, 15) is 13.2 Å². The number of nitrogens with one attached hydrogen (secondary N) is 2. The van der Waals surface area contributed by atoms with Gasteiger partial charge >= 0.3 is 0 Å². The average Bonchev–Trinajstić information content (AvgIpc) is 2.43. The van der Waals surface area contributed by atoms with Gasteiger partial charge in [0.2, 0.25) is 15.9 Å². The van der Waals surface area contributed by atoms with Crippen LogP contribution in [0, 0.1) is 0 Å². The molecule has 0 unspecified atom stereocenters. The number of hydrogen-bond acceptors (Lipinski definition) is 3. The number of carbonyl (C=O) groups is 1. The average molecular weight is 282 g/mol. The van der Waals surface area contributed by atoms with Gasteiger partial charge in [-0.25, -0.2) is 13.1 Å². The number of sulfonamides is 1. The summed E-state index contributed by atoms with van der Waals surface area (Å²) in [5.74, 6) is -0.395. The minimum atomic E-state index is -3.64. The summed E-state index contributed by atoms with van der Waals surface area (Å²) in [6, 6.07) is 6.57. The van der Waals surface area contributed by atoms with E-state index < -0.39 is 15.9 Å². The van der Waals surface area contributed by atoms with E-state index in [0.29, 0.717) is 6.54 Å². The van der Waals surface area contributed by atoms with Crippen LogP contribution in [0.1, 0.15) is 12.5 Å². The van der Waals surface area contributed by atoms with E-state index in [1.165, 1.54) is 18.2 Å². The quantitative estimate of drug-likeness (QED) is 0.727. The van der Waals surface area contributed by atoms with E-state index in [-0.39, 0.29) is 11.4 Å². The molecule has 0 saturated heterocycles. The van der Waals surface area contributed by atoms with Gasteiger partial charge in [0.15, 0.2) is 0 Å². The lowest BCUT2D eigenvalue weighted by Crippen LogP contribution is -2.36. The molecule has 0 fully saturated rings. The first-order valence-corrected chi connectivity index (χ1v) is 7.44. The van der Waals surface area contributed by atoms with Crippen molar-refractivity contribution in [2.75, 3.05) is 13.1 Å². The zero-order valence-electron chi connectivity index (χ0n) is 10.8. The molecule has 2 N–H and O–H groups in total. The highest BCUT2D eigenvalue weighted by Gasteiger charge is 2.14. The predicted octanol–water partition coefficient (Wildman–Crippen LogP) is 0.829. The Kier molecular flexibility index (Phi) is 5.72. The summed E-state index contributed by atoms with van der Waals surface area (Å²) in [5.41, 5.74) is 1.06. The van der Waals surface area contributed by atoms with E-state index in [0.717, 1.165) is 12.0 Å². The van der Waals surface area contributed by atoms with Crippen LogP contribution in [0.3, 0.4) is 0 Å². The minimum absolute atomic E-state index is 0.154. The third-order valence-electron chi connectivity index (χ3n) is 2.51. The summed E-state index contributed by atoms with van der Waals surface area (Å²) in [6.45, 7) is 5.47. The first kappa shape index (κ1) is 15.4. The van der Waals surface area contributed by atoms with Gasteiger partial charge in [0.1, 0.15) is 0 Å². The van der Waals surface area contributed by atoms with Crippen LogP contribution in [-0.2, 0) is 21.2 Å². The van der Waals surface area contributed by atoms with E-state index >= 15 is 0 Å². The summed E-state index contributed by atoms with van der Waals surface area (Å²) in [7, 11) is -3.64. The molecule has 0 saturated carbocycles. The standard InChI is InChI=1S/C13H18N2O3S/c1-3-9-14-13(16)10-15-19(17,18)12-7-5-11(4-2)6-8-12/h3,5-8,15H,1,4,9-10H2,2H3,(H,14,16). The lowest BCUT2D eigenvalue weighted by Gasteiger charge is -2.07. The van der Waals surface area contributed by atoms with Crippen LogP contribution >= 0.6 is 0 Å². The van der Waals surface area contributed by atoms with Gasteiger partial charge in [-0.2, -0.15) is 0 Å². The molecular formula is C13H18N2O3S. The molecule has 0 radical (unpaired) electrons. The maximum absolute atomic E-state index is 11.9. The van der Waals surface area contributed by atoms with Crippen molar-refractivity contribution in [1.82, 2.24) is 10.0 Å². The largest absolute Gasteiger partial charge is 0.352 e. The highest BCUT2D eigenvalue weighted by Crippen LogP contribution is 2.10. The van der Waals surface area contributed by atoms with Gasteiger partial charge in [-0.1, -0.05) is 25.1 Å². The van der Waals surface area contributed by atoms with Crippen LogP contribution < -0.4 is 10.0 Å². The number of carbonyl (C=O) groups excluding carboxylic acids is 1. The molecule has 6 heteroatoms. The van der Waals surface area contributed by atoms with Crippen molar-refractivity contribution < 1.29 is 13.2 Å². The second-order valence-electron chi connectivity index (χ2n) is 3.91. The van der Waals surface area contributed by atoms with Gasteiger partial charge in [0, 0.05) is 6.54 Å². The van der Waals surface area contributed by atoms with Gasteiger partial charge in [-0.15, -0.1) is 6.58 Å². The number of hydrogen-bond donors (Lipinski definition) is 2. The molecule has 0 aliphatic carbocycles. The summed E-state index contributed by atoms with van der Waals surface area (Å²) in [5, 5.41) is 2.49. The van der Waals surface area contributed by atoms with Gasteiger partial charge < -0.3 is 5.32 Å². The Labute approximate surface area is 113 Å². The van der Waals surface area contributed by atoms with Crippen LogP contribution in [0.2, 0.25) is 0 Å². The van der Waals surface area contributed by atoms with Crippen LogP contribution in [0.25, 0.3) is 0 Å². The molecule has 0 bridgehead atoms. The Balaban J connectivity index is 2.64. The Hall–Kier alpha value is -1.66. The molecule has 1 aromatic rings. The van der Waals surface area contributed by atoms with Crippen molar-refractivity contribution >= 4 is 15.9 Å². The number of rotatable bonds is 7. The molecule has 1 aromatic carbocycles. The van der Waals surface area contributed by atoms with Crippen molar-refractivity contribution in [1.29, 1.82) is 0 Å². The first-order chi connectivity index (χ1) is 8.99. The molecule has 0 atom stereocenters. The zero-order chi connectivity index (χ0) is 14.3. The van der Waals surface area contributed by atoms with Crippen LogP contribution in [0.4, 0.5) is 0 Å². The predicted molar refractivity (Wildman–Crippen MR) is 74.2 cm³/mol. The van der Waals surface area contributed by atoms with Gasteiger partial charge in [-0.05, 0) is 24.1 Å². The fourth-order valence-electron chi connectivity index (χ4n) is 1.40. The summed E-state index contributed by atoms with van der Waals surface area (Å²) in [4.78, 5) is 11.4. The lowest BCUT2D eigenvalue weighted by molar-refractivity contribution is -0.119. The first-order valence-electron chi connectivity index (χ1n) is 5.95. The second kappa shape index (κ2) is 7.06. The van der Waals surface area contributed by atoms with Gasteiger partial charge in [0.05, 0.1) is 11.4 Å². The maximum Gasteiger partial charge on any atom is 0.241 e. The number of benzene rings is 1. The molecule has 19 heavy (non-hydrogen) atoms. The number of amides is 1. The molecule has 5 nitrogen and oxygen atoms in total. The molecule has 0 spiro atoms. The zero-order valence-corrected chi connectivity index (χ0v) is 11.7. The SMILES string of the molecule is C=CCNC(=O)CNS(=O)(=O)c1ccc(CC)cc1. The van der Waals surface area contributed by atoms with Crippen molar-refractivity contribution in [3.63, 3.8) is 0 Å². The van der Waals surface area contributed by atoms with E-state index in [1.54, 1.807) is 12.1 Å². The van der Waals surface area contributed by atoms with Crippen molar-refractivity contribution in [3.8, 4) is 0 Å². The number of aryl methyl sites for hydroxylation is 1. The summed E-state index contributed by atoms with van der Waals surface area (Å²) < 4.78 is 26.0. The van der Waals surface area contributed by atoms with Crippen LogP contribution in [0.5, 0.6) is 0 Å². The molecule has 104 valence electrons. The van der Waals surface area contributed by atoms with Crippen LogP contribution in [0.15, 0.2) is 41.8 Å². The summed E-state index contributed by atoms with van der Waals surface area (Å²) >= 11 is 0. The molecule has 0 aliphatic rings. The van der Waals surface area contributed by atoms with E-state index in [4.69, 9.17) is 0 Å². The molecule has 0 heterocycles. The monoisotopic (exact) mass is 282 g/mol. The smallest absolute Gasteiger partial charge is 0.241 e. The topological polar surface area (TPSA) is 75.3 Å². The van der Waals surface area contributed by atoms with Crippen molar-refractivity contribution in [3.05, 3.63) is 42.5 Å². The molecule has 0 aliphatic heterocycles. The fourth-order valence-corrected chi connectivity index (χ4v) is 2.38. The molecule has 1 rings (SSSR count). The van der Waals surface area contributed by atoms with E-state index in [2.05, 4.69) is 16.6 Å². The van der Waals surface area contributed by atoms with E-state index in [1.807, 2.05) is 6.92 Å². The Morgan fingerprint density at radius 1 is 1.32 bits per heavy atom. The van der Waals surface area contributed by atoms with Gasteiger partial charge in [-0.3, -0.25) is 4.79 Å². The Morgan fingerprint density at radius 3 is 2.47 bits per heavy atom. The Morgan fingerprint density at radius 2 is 1.95 bits per heavy atom. The normalized spacial score (nSPS) is 11.0. The van der Waals surface area contributed by atoms with Crippen LogP contribution in [-0.4, -0.2) is 27.4 Å². The highest BCUT2D eigenvalue weighted by atomic mass is 32.2. The molecule has 0 aromatic heterocycles. The minimum Gasteiger partial charge on any atom is -0.352 e. The summed E-state index contributed by atoms with van der Waals surface area (Å²) in [6.07, 6.45) is 2.37. The highest BCUT2D eigenvalue weighted by molar-refractivity contribution is 7.89. The fraction of sp³-hybridized carbons (Fsp3) is 0.308. The second-order valence-corrected chi connectivity index (χ2v) is 5.68. The Bertz CT molecular complexity index is 536. The van der Waals surface area contributed by atoms with Gasteiger partial charge in [0.25, 0.3) is 0 Å². The molecule has 1 amide bonds. The third-order valence-corrected chi connectivity index (χ3v) is 3.93.